The maximum Gasteiger partial charge on any atom is 0.123 e. The van der Waals surface area contributed by atoms with E-state index in [-0.39, 0.29) is 5.82 Å². The van der Waals surface area contributed by atoms with Gasteiger partial charge in [0.2, 0.25) is 0 Å². The quantitative estimate of drug-likeness (QED) is 0.875. The van der Waals surface area contributed by atoms with Crippen LogP contribution in [0, 0.1) is 5.82 Å². The van der Waals surface area contributed by atoms with E-state index < -0.39 is 0 Å². The van der Waals surface area contributed by atoms with Gasteiger partial charge in [0.1, 0.15) is 5.82 Å². The minimum atomic E-state index is -0.213. The van der Waals surface area contributed by atoms with Crippen LogP contribution in [0.1, 0.15) is 18.0 Å². The lowest BCUT2D eigenvalue weighted by atomic mass is 10.0. The third-order valence-electron chi connectivity index (χ3n) is 3.39. The van der Waals surface area contributed by atoms with Crippen molar-refractivity contribution in [2.75, 3.05) is 13.1 Å². The fourth-order valence-corrected chi connectivity index (χ4v) is 2.37. The Kier molecular flexibility index (Phi) is 3.07. The zero-order valence-corrected chi connectivity index (χ0v) is 10.1. The van der Waals surface area contributed by atoms with Gasteiger partial charge < -0.3 is 5.32 Å². The van der Waals surface area contributed by atoms with E-state index in [1.54, 1.807) is 12.1 Å². The van der Waals surface area contributed by atoms with Crippen LogP contribution in [-0.2, 0) is 0 Å². The Bertz CT molecular complexity index is 530. The highest BCUT2D eigenvalue weighted by molar-refractivity contribution is 5.59. The average Bonchev–Trinajstić information content (AvgIpc) is 2.94. The van der Waals surface area contributed by atoms with Crippen LogP contribution >= 0.6 is 0 Å². The molecule has 2 nitrogen and oxygen atoms in total. The zero-order chi connectivity index (χ0) is 12.4. The van der Waals surface area contributed by atoms with Crippen molar-refractivity contribution in [1.29, 1.82) is 0 Å². The van der Waals surface area contributed by atoms with Gasteiger partial charge in [0.25, 0.3) is 0 Å². The molecule has 0 saturated carbocycles. The monoisotopic (exact) mass is 242 g/mol. The Labute approximate surface area is 106 Å². The Morgan fingerprint density at radius 3 is 2.67 bits per heavy atom. The molecule has 2 aromatic rings. The van der Waals surface area contributed by atoms with Crippen molar-refractivity contribution in [2.45, 2.75) is 12.3 Å². The fourth-order valence-electron chi connectivity index (χ4n) is 2.37. The van der Waals surface area contributed by atoms with E-state index in [2.05, 4.69) is 11.4 Å². The summed E-state index contributed by atoms with van der Waals surface area (Å²) in [4.78, 5) is 4.69. The summed E-state index contributed by atoms with van der Waals surface area (Å²) in [6, 6.07) is 12.6. The first kappa shape index (κ1) is 11.4. The fraction of sp³-hybridized carbons (Fsp3) is 0.267. The summed E-state index contributed by atoms with van der Waals surface area (Å²) in [5.74, 6) is 0.292. The van der Waals surface area contributed by atoms with E-state index in [1.807, 2.05) is 12.1 Å². The molecule has 0 radical (unpaired) electrons. The highest BCUT2D eigenvalue weighted by Gasteiger charge is 2.17. The number of halogens is 1. The second-order valence-corrected chi connectivity index (χ2v) is 4.64. The molecule has 0 bridgehead atoms. The summed E-state index contributed by atoms with van der Waals surface area (Å²) in [6.07, 6.45) is 1.14. The summed E-state index contributed by atoms with van der Waals surface area (Å²) in [5.41, 5.74) is 3.01. The molecular formula is C15H15FN2. The number of nitrogens with zero attached hydrogens (tertiary/aromatic N) is 1. The number of benzene rings is 1. The molecule has 1 N–H and O–H groups in total. The Balaban J connectivity index is 1.92. The van der Waals surface area contributed by atoms with Gasteiger partial charge in [0.05, 0.1) is 5.69 Å². The molecule has 1 aromatic heterocycles. The SMILES string of the molecule is Fc1ccc(-c2cccc([C@@H]3CCNC3)n2)cc1. The van der Waals surface area contributed by atoms with Crippen LogP contribution in [0.15, 0.2) is 42.5 Å². The van der Waals surface area contributed by atoms with Crippen LogP contribution in [0.5, 0.6) is 0 Å². The molecule has 0 unspecified atom stereocenters. The third kappa shape index (κ3) is 2.27. The number of rotatable bonds is 2. The van der Waals surface area contributed by atoms with Crippen LogP contribution in [0.2, 0.25) is 0 Å². The molecule has 18 heavy (non-hydrogen) atoms. The first-order chi connectivity index (χ1) is 8.83. The lowest BCUT2D eigenvalue weighted by Crippen LogP contribution is -2.09. The van der Waals surface area contributed by atoms with E-state index >= 15 is 0 Å². The minimum Gasteiger partial charge on any atom is -0.316 e. The molecular weight excluding hydrogens is 227 g/mol. The highest BCUT2D eigenvalue weighted by Crippen LogP contribution is 2.24. The molecule has 1 aliphatic rings. The topological polar surface area (TPSA) is 24.9 Å². The standard InChI is InChI=1S/C15H15FN2/c16-13-6-4-11(5-7-13)14-2-1-3-15(18-14)12-8-9-17-10-12/h1-7,12,17H,8-10H2/t12-/m1/s1. The van der Waals surface area contributed by atoms with Crippen molar-refractivity contribution < 1.29 is 4.39 Å². The number of nitrogens with one attached hydrogen (secondary N) is 1. The van der Waals surface area contributed by atoms with Gasteiger partial charge in [0, 0.05) is 23.7 Å². The smallest absolute Gasteiger partial charge is 0.123 e. The van der Waals surface area contributed by atoms with Gasteiger partial charge in [-0.05, 0) is 49.4 Å². The van der Waals surface area contributed by atoms with Gasteiger partial charge in [-0.3, -0.25) is 4.98 Å². The first-order valence-corrected chi connectivity index (χ1v) is 6.26. The van der Waals surface area contributed by atoms with Crippen molar-refractivity contribution in [3.63, 3.8) is 0 Å². The van der Waals surface area contributed by atoms with E-state index in [9.17, 15) is 4.39 Å². The number of pyridine rings is 1. The maximum absolute atomic E-state index is 12.9. The average molecular weight is 242 g/mol. The van der Waals surface area contributed by atoms with Gasteiger partial charge >= 0.3 is 0 Å². The molecule has 1 aliphatic heterocycles. The third-order valence-corrected chi connectivity index (χ3v) is 3.39. The minimum absolute atomic E-state index is 0.213. The molecule has 1 atom stereocenters. The van der Waals surface area contributed by atoms with Gasteiger partial charge in [0.15, 0.2) is 0 Å². The summed E-state index contributed by atoms with van der Waals surface area (Å²) < 4.78 is 12.9. The van der Waals surface area contributed by atoms with Crippen molar-refractivity contribution in [1.82, 2.24) is 10.3 Å². The van der Waals surface area contributed by atoms with Crippen LogP contribution in [0.4, 0.5) is 4.39 Å². The van der Waals surface area contributed by atoms with Crippen molar-refractivity contribution >= 4 is 0 Å². The number of aromatic nitrogens is 1. The zero-order valence-electron chi connectivity index (χ0n) is 10.1. The van der Waals surface area contributed by atoms with Crippen LogP contribution in [-0.4, -0.2) is 18.1 Å². The normalized spacial score (nSPS) is 19.1. The molecule has 0 aliphatic carbocycles. The summed E-state index contributed by atoms with van der Waals surface area (Å²) in [7, 11) is 0. The lowest BCUT2D eigenvalue weighted by molar-refractivity contribution is 0.628. The Hall–Kier alpha value is -1.74. The van der Waals surface area contributed by atoms with Crippen LogP contribution < -0.4 is 5.32 Å². The van der Waals surface area contributed by atoms with E-state index in [0.29, 0.717) is 5.92 Å². The molecule has 1 saturated heterocycles. The lowest BCUT2D eigenvalue weighted by Gasteiger charge is -2.09. The van der Waals surface area contributed by atoms with Gasteiger partial charge in [-0.25, -0.2) is 4.39 Å². The number of hydrogen-bond acceptors (Lipinski definition) is 2. The second-order valence-electron chi connectivity index (χ2n) is 4.64. The molecule has 0 amide bonds. The molecule has 3 heteroatoms. The first-order valence-electron chi connectivity index (χ1n) is 6.26. The summed E-state index contributed by atoms with van der Waals surface area (Å²) >= 11 is 0. The maximum atomic E-state index is 12.9. The molecule has 92 valence electrons. The largest absolute Gasteiger partial charge is 0.316 e. The van der Waals surface area contributed by atoms with Gasteiger partial charge in [-0.1, -0.05) is 6.07 Å². The molecule has 2 heterocycles. The summed E-state index contributed by atoms with van der Waals surface area (Å²) in [6.45, 7) is 2.06. The molecule has 1 fully saturated rings. The van der Waals surface area contributed by atoms with E-state index in [0.717, 1.165) is 36.5 Å². The van der Waals surface area contributed by atoms with Crippen molar-refractivity contribution in [3.05, 3.63) is 54.0 Å². The molecule has 1 aromatic carbocycles. The van der Waals surface area contributed by atoms with E-state index in [4.69, 9.17) is 4.98 Å². The Morgan fingerprint density at radius 1 is 1.11 bits per heavy atom. The van der Waals surface area contributed by atoms with Crippen LogP contribution in [0.3, 0.4) is 0 Å². The predicted molar refractivity (Wildman–Crippen MR) is 69.9 cm³/mol. The molecule has 3 rings (SSSR count). The van der Waals surface area contributed by atoms with Gasteiger partial charge in [-0.2, -0.15) is 0 Å². The van der Waals surface area contributed by atoms with Crippen molar-refractivity contribution in [2.24, 2.45) is 0 Å². The molecule has 0 spiro atoms. The van der Waals surface area contributed by atoms with E-state index in [1.165, 1.54) is 12.1 Å². The van der Waals surface area contributed by atoms with Crippen molar-refractivity contribution in [3.8, 4) is 11.3 Å². The van der Waals surface area contributed by atoms with Gasteiger partial charge in [-0.15, -0.1) is 0 Å². The number of hydrogen-bond donors (Lipinski definition) is 1. The highest BCUT2D eigenvalue weighted by atomic mass is 19.1. The predicted octanol–water partition coefficient (Wildman–Crippen LogP) is 2.96. The Morgan fingerprint density at radius 2 is 1.94 bits per heavy atom. The summed E-state index contributed by atoms with van der Waals surface area (Å²) in [5, 5.41) is 3.35. The second kappa shape index (κ2) is 4.86. The van der Waals surface area contributed by atoms with Crippen LogP contribution in [0.25, 0.3) is 11.3 Å².